The number of rotatable bonds is 9. The normalized spacial score (nSPS) is 21.6. The average molecular weight is 476 g/mol. The van der Waals surface area contributed by atoms with Crippen LogP contribution in [0.5, 0.6) is 0 Å². The van der Waals surface area contributed by atoms with Gasteiger partial charge < -0.3 is 5.11 Å². The number of carboxylic acids is 1. The highest BCUT2D eigenvalue weighted by atomic mass is 19.4. The van der Waals surface area contributed by atoms with Crippen LogP contribution < -0.4 is 0 Å². The Balaban J connectivity index is 2.01. The number of benzene rings is 2. The van der Waals surface area contributed by atoms with E-state index in [0.29, 0.717) is 5.92 Å². The molecule has 2 aromatic carbocycles. The zero-order chi connectivity index (χ0) is 24.7. The third-order valence-electron chi connectivity index (χ3n) is 7.00. The van der Waals surface area contributed by atoms with Gasteiger partial charge in [0, 0.05) is 24.9 Å². The van der Waals surface area contributed by atoms with Crippen molar-refractivity contribution in [1.29, 1.82) is 0 Å². The average Bonchev–Trinajstić information content (AvgIpc) is 2.98. The van der Waals surface area contributed by atoms with Gasteiger partial charge in [0.25, 0.3) is 0 Å². The van der Waals surface area contributed by atoms with Crippen molar-refractivity contribution in [3.8, 4) is 0 Å². The van der Waals surface area contributed by atoms with Crippen molar-refractivity contribution in [3.05, 3.63) is 71.3 Å². The zero-order valence-corrected chi connectivity index (χ0v) is 20.1. The second-order valence-corrected chi connectivity index (χ2v) is 9.99. The monoisotopic (exact) mass is 475 g/mol. The van der Waals surface area contributed by atoms with Gasteiger partial charge >= 0.3 is 12.1 Å². The van der Waals surface area contributed by atoms with Crippen LogP contribution in [-0.4, -0.2) is 28.6 Å². The summed E-state index contributed by atoms with van der Waals surface area (Å²) in [5.41, 5.74) is 1.34. The molecule has 6 heteroatoms. The van der Waals surface area contributed by atoms with E-state index in [2.05, 4.69) is 30.9 Å². The van der Waals surface area contributed by atoms with Crippen LogP contribution in [0.3, 0.4) is 0 Å². The summed E-state index contributed by atoms with van der Waals surface area (Å²) < 4.78 is 39.6. The lowest BCUT2D eigenvalue weighted by Gasteiger charge is -2.40. The smallest absolute Gasteiger partial charge is 0.416 e. The van der Waals surface area contributed by atoms with Gasteiger partial charge in [0.1, 0.15) is 0 Å². The lowest BCUT2D eigenvalue weighted by Crippen LogP contribution is -2.42. The second-order valence-electron chi connectivity index (χ2n) is 9.99. The van der Waals surface area contributed by atoms with Crippen LogP contribution >= 0.6 is 0 Å². The van der Waals surface area contributed by atoms with Crippen LogP contribution in [0.2, 0.25) is 0 Å². The van der Waals surface area contributed by atoms with Gasteiger partial charge in [-0.1, -0.05) is 69.2 Å². The molecule has 0 spiro atoms. The molecule has 0 bridgehead atoms. The van der Waals surface area contributed by atoms with Crippen molar-refractivity contribution in [3.63, 3.8) is 0 Å². The minimum absolute atomic E-state index is 0.0333. The molecule has 0 amide bonds. The van der Waals surface area contributed by atoms with Crippen molar-refractivity contribution in [2.75, 3.05) is 6.54 Å². The lowest BCUT2D eigenvalue weighted by atomic mass is 9.77. The number of carboxylic acid groups (broad SMARTS) is 1. The Morgan fingerprint density at radius 1 is 1.03 bits per heavy atom. The highest BCUT2D eigenvalue weighted by Crippen LogP contribution is 2.42. The minimum Gasteiger partial charge on any atom is -0.481 e. The van der Waals surface area contributed by atoms with Gasteiger partial charge in [-0.05, 0) is 60.9 Å². The maximum atomic E-state index is 13.2. The molecule has 3 atom stereocenters. The summed E-state index contributed by atoms with van der Waals surface area (Å²) in [6.07, 6.45) is 0.265. The maximum Gasteiger partial charge on any atom is 0.416 e. The van der Waals surface area contributed by atoms with Crippen molar-refractivity contribution < 1.29 is 23.1 Å². The van der Waals surface area contributed by atoms with Crippen LogP contribution in [0.4, 0.5) is 13.2 Å². The number of hydrogen-bond donors (Lipinski definition) is 1. The Kier molecular flexibility index (Phi) is 9.17. The topological polar surface area (TPSA) is 40.5 Å². The zero-order valence-electron chi connectivity index (χ0n) is 20.1. The molecule has 34 heavy (non-hydrogen) atoms. The molecule has 0 unspecified atom stereocenters. The predicted octanol–water partition coefficient (Wildman–Crippen LogP) is 7.37. The van der Waals surface area contributed by atoms with E-state index in [1.54, 1.807) is 12.1 Å². The largest absolute Gasteiger partial charge is 0.481 e. The number of halogens is 3. The first-order valence-corrected chi connectivity index (χ1v) is 12.3. The summed E-state index contributed by atoms with van der Waals surface area (Å²) >= 11 is 0. The number of alkyl halides is 3. The molecule has 0 aromatic heterocycles. The van der Waals surface area contributed by atoms with Crippen molar-refractivity contribution in [1.82, 2.24) is 4.90 Å². The molecule has 1 saturated carbocycles. The standard InChI is InChI=1S/C28H36F3NO2/c1-20(2)16-17-32(19-21-8-4-3-5-9-21)25-11-7-6-10-23(18-26(33)34)27(25)22-12-14-24(15-13-22)28(29,30)31/h3-5,8-9,12-15,20,23,25,27H,6-7,10-11,16-19H2,1-2H3,(H,33,34)/t23-,25-,27-/m1/s1. The lowest BCUT2D eigenvalue weighted by molar-refractivity contribution is -0.138. The number of nitrogens with zero attached hydrogens (tertiary/aromatic N) is 1. The van der Waals surface area contributed by atoms with E-state index in [1.807, 2.05) is 18.2 Å². The van der Waals surface area contributed by atoms with E-state index in [-0.39, 0.29) is 24.3 Å². The highest BCUT2D eigenvalue weighted by molar-refractivity contribution is 5.67. The van der Waals surface area contributed by atoms with Gasteiger partial charge in [-0.2, -0.15) is 13.2 Å². The molecule has 1 N–H and O–H groups in total. The molecule has 186 valence electrons. The first kappa shape index (κ1) is 26.3. The number of carbonyl (C=O) groups is 1. The molecule has 0 saturated heterocycles. The van der Waals surface area contributed by atoms with Gasteiger partial charge in [-0.3, -0.25) is 9.69 Å². The quantitative estimate of drug-likeness (QED) is 0.385. The van der Waals surface area contributed by atoms with E-state index in [1.165, 1.54) is 5.56 Å². The molecular formula is C28H36F3NO2. The fraction of sp³-hybridized carbons (Fsp3) is 0.536. The summed E-state index contributed by atoms with van der Waals surface area (Å²) in [6, 6.07) is 15.7. The van der Waals surface area contributed by atoms with Gasteiger partial charge in [-0.25, -0.2) is 0 Å². The first-order chi connectivity index (χ1) is 16.1. The molecule has 3 rings (SSSR count). The Morgan fingerprint density at radius 3 is 2.26 bits per heavy atom. The van der Waals surface area contributed by atoms with E-state index < -0.39 is 17.7 Å². The minimum atomic E-state index is -4.39. The molecule has 1 fully saturated rings. The third kappa shape index (κ3) is 7.33. The van der Waals surface area contributed by atoms with Crippen LogP contribution in [0.15, 0.2) is 54.6 Å². The summed E-state index contributed by atoms with van der Waals surface area (Å²) in [5, 5.41) is 9.65. The molecular weight excluding hydrogens is 439 g/mol. The van der Waals surface area contributed by atoms with Crippen molar-refractivity contribution in [2.24, 2.45) is 11.8 Å². The van der Waals surface area contributed by atoms with Crippen LogP contribution in [0, 0.1) is 11.8 Å². The van der Waals surface area contributed by atoms with Gasteiger partial charge in [0.05, 0.1) is 5.56 Å². The van der Waals surface area contributed by atoms with E-state index in [9.17, 15) is 23.1 Å². The Hall–Kier alpha value is -2.34. The van der Waals surface area contributed by atoms with E-state index in [0.717, 1.165) is 62.9 Å². The van der Waals surface area contributed by atoms with Crippen molar-refractivity contribution >= 4 is 5.97 Å². The first-order valence-electron chi connectivity index (χ1n) is 12.3. The Bertz CT molecular complexity index is 896. The Morgan fingerprint density at radius 2 is 1.68 bits per heavy atom. The molecule has 1 aliphatic carbocycles. The van der Waals surface area contributed by atoms with Crippen molar-refractivity contribution in [2.45, 2.75) is 77.1 Å². The Labute approximate surface area is 201 Å². The molecule has 3 nitrogen and oxygen atoms in total. The van der Waals surface area contributed by atoms with Crippen LogP contribution in [-0.2, 0) is 17.5 Å². The molecule has 0 heterocycles. The summed E-state index contributed by atoms with van der Waals surface area (Å²) in [7, 11) is 0. The summed E-state index contributed by atoms with van der Waals surface area (Å²) in [4.78, 5) is 14.2. The predicted molar refractivity (Wildman–Crippen MR) is 128 cm³/mol. The van der Waals surface area contributed by atoms with Crippen LogP contribution in [0.1, 0.15) is 75.0 Å². The van der Waals surface area contributed by atoms with E-state index >= 15 is 0 Å². The van der Waals surface area contributed by atoms with Gasteiger partial charge in [0.2, 0.25) is 0 Å². The van der Waals surface area contributed by atoms with Gasteiger partial charge in [-0.15, -0.1) is 0 Å². The van der Waals surface area contributed by atoms with E-state index in [4.69, 9.17) is 0 Å². The second kappa shape index (κ2) is 11.9. The molecule has 0 radical (unpaired) electrons. The summed E-state index contributed by atoms with van der Waals surface area (Å²) in [6.45, 7) is 5.99. The fourth-order valence-electron chi connectivity index (χ4n) is 5.29. The van der Waals surface area contributed by atoms with Gasteiger partial charge in [0.15, 0.2) is 0 Å². The fourth-order valence-corrected chi connectivity index (χ4v) is 5.29. The molecule has 2 aromatic rings. The number of hydrogen-bond acceptors (Lipinski definition) is 2. The molecule has 1 aliphatic rings. The SMILES string of the molecule is CC(C)CCN(Cc1ccccc1)[C@@H]1CCCC[C@H](CC(=O)O)[C@H]1c1ccc(C(F)(F)F)cc1. The highest BCUT2D eigenvalue weighted by Gasteiger charge is 2.38. The summed E-state index contributed by atoms with van der Waals surface area (Å²) in [5.74, 6) is -0.571. The third-order valence-corrected chi connectivity index (χ3v) is 7.00. The molecule has 0 aliphatic heterocycles. The van der Waals surface area contributed by atoms with Crippen LogP contribution in [0.25, 0.3) is 0 Å². The number of aliphatic carboxylic acids is 1. The maximum absolute atomic E-state index is 13.2.